The second-order valence-electron chi connectivity index (χ2n) is 4.57. The summed E-state index contributed by atoms with van der Waals surface area (Å²) in [5, 5.41) is 11.7. The zero-order chi connectivity index (χ0) is 14.4. The largest absolute Gasteiger partial charge is 0.376 e. The first-order valence-electron chi connectivity index (χ1n) is 6.46. The Morgan fingerprint density at radius 3 is 2.85 bits per heavy atom. The Kier molecular flexibility index (Phi) is 4.85. The summed E-state index contributed by atoms with van der Waals surface area (Å²) in [4.78, 5) is 11.9. The van der Waals surface area contributed by atoms with Gasteiger partial charge in [0.1, 0.15) is 17.5 Å². The van der Waals surface area contributed by atoms with Gasteiger partial charge in [-0.05, 0) is 36.6 Å². The zero-order valence-corrected chi connectivity index (χ0v) is 10.9. The second-order valence-corrected chi connectivity index (χ2v) is 4.57. The minimum atomic E-state index is -0.438. The lowest BCUT2D eigenvalue weighted by Gasteiger charge is -2.10. The van der Waals surface area contributed by atoms with Crippen molar-refractivity contribution >= 4 is 12.0 Å². The predicted molar refractivity (Wildman–Crippen MR) is 72.0 cm³/mol. The van der Waals surface area contributed by atoms with Crippen LogP contribution < -0.4 is 5.32 Å². The van der Waals surface area contributed by atoms with E-state index in [1.165, 1.54) is 30.3 Å². The summed E-state index contributed by atoms with van der Waals surface area (Å²) in [6, 6.07) is 7.45. The van der Waals surface area contributed by atoms with E-state index < -0.39 is 5.91 Å². The summed E-state index contributed by atoms with van der Waals surface area (Å²) in [7, 11) is 0. The SMILES string of the molecule is N#CC(=Cc1ccc(F)cc1)C(=O)NCC1CCCO1. The minimum Gasteiger partial charge on any atom is -0.376 e. The van der Waals surface area contributed by atoms with Crippen LogP contribution in [0.1, 0.15) is 18.4 Å². The van der Waals surface area contributed by atoms with E-state index in [1.54, 1.807) is 0 Å². The van der Waals surface area contributed by atoms with Crippen molar-refractivity contribution in [2.45, 2.75) is 18.9 Å². The first-order chi connectivity index (χ1) is 9.69. The van der Waals surface area contributed by atoms with E-state index in [1.807, 2.05) is 6.07 Å². The average Bonchev–Trinajstić information content (AvgIpc) is 2.97. The standard InChI is InChI=1S/C15H15FN2O2/c16-13-5-3-11(4-6-13)8-12(9-17)15(19)18-10-14-2-1-7-20-14/h3-6,8,14H,1-2,7,10H2,(H,18,19). The number of hydrogen-bond acceptors (Lipinski definition) is 3. The molecular weight excluding hydrogens is 259 g/mol. The highest BCUT2D eigenvalue weighted by Crippen LogP contribution is 2.11. The molecule has 1 aliphatic heterocycles. The van der Waals surface area contributed by atoms with Gasteiger partial charge in [0.15, 0.2) is 0 Å². The van der Waals surface area contributed by atoms with Gasteiger partial charge < -0.3 is 10.1 Å². The molecule has 0 spiro atoms. The lowest BCUT2D eigenvalue weighted by molar-refractivity contribution is -0.117. The molecule has 0 aliphatic carbocycles. The summed E-state index contributed by atoms with van der Waals surface area (Å²) in [5.41, 5.74) is 0.602. The summed E-state index contributed by atoms with van der Waals surface area (Å²) in [6.07, 6.45) is 3.38. The quantitative estimate of drug-likeness (QED) is 0.675. The molecule has 0 aromatic heterocycles. The van der Waals surface area contributed by atoms with Crippen LogP contribution >= 0.6 is 0 Å². The molecule has 1 N–H and O–H groups in total. The fourth-order valence-corrected chi connectivity index (χ4v) is 1.98. The second kappa shape index (κ2) is 6.83. The van der Waals surface area contributed by atoms with Crippen molar-refractivity contribution in [1.29, 1.82) is 5.26 Å². The van der Waals surface area contributed by atoms with E-state index in [0.717, 1.165) is 19.4 Å². The van der Waals surface area contributed by atoms with E-state index in [9.17, 15) is 9.18 Å². The van der Waals surface area contributed by atoms with Crippen molar-refractivity contribution in [3.63, 3.8) is 0 Å². The smallest absolute Gasteiger partial charge is 0.262 e. The number of carbonyl (C=O) groups excluding carboxylic acids is 1. The van der Waals surface area contributed by atoms with Gasteiger partial charge in [-0.3, -0.25) is 4.79 Å². The molecule has 1 saturated heterocycles. The van der Waals surface area contributed by atoms with Crippen molar-refractivity contribution in [2.24, 2.45) is 0 Å². The van der Waals surface area contributed by atoms with E-state index in [2.05, 4.69) is 5.32 Å². The Labute approximate surface area is 116 Å². The topological polar surface area (TPSA) is 62.1 Å². The normalized spacial score (nSPS) is 18.6. The third kappa shape index (κ3) is 3.90. The van der Waals surface area contributed by atoms with Crippen LogP contribution in [-0.2, 0) is 9.53 Å². The maximum atomic E-state index is 12.8. The molecule has 2 rings (SSSR count). The van der Waals surface area contributed by atoms with E-state index in [-0.39, 0.29) is 17.5 Å². The molecule has 4 nitrogen and oxygen atoms in total. The molecule has 20 heavy (non-hydrogen) atoms. The van der Waals surface area contributed by atoms with Crippen LogP contribution in [0.2, 0.25) is 0 Å². The highest BCUT2D eigenvalue weighted by atomic mass is 19.1. The fraction of sp³-hybridized carbons (Fsp3) is 0.333. The van der Waals surface area contributed by atoms with Gasteiger partial charge in [0, 0.05) is 13.2 Å². The van der Waals surface area contributed by atoms with Crippen molar-refractivity contribution in [1.82, 2.24) is 5.32 Å². The first kappa shape index (κ1) is 14.2. The van der Waals surface area contributed by atoms with Crippen molar-refractivity contribution in [3.05, 3.63) is 41.2 Å². The van der Waals surface area contributed by atoms with E-state index >= 15 is 0 Å². The van der Waals surface area contributed by atoms with Crippen LogP contribution in [0.15, 0.2) is 29.8 Å². The van der Waals surface area contributed by atoms with Gasteiger partial charge in [-0.25, -0.2) is 4.39 Å². The number of benzene rings is 1. The lowest BCUT2D eigenvalue weighted by atomic mass is 10.1. The molecule has 1 fully saturated rings. The predicted octanol–water partition coefficient (Wildman–Crippen LogP) is 2.03. The molecule has 1 aromatic rings. The highest BCUT2D eigenvalue weighted by Gasteiger charge is 2.17. The molecule has 0 saturated carbocycles. The Hall–Kier alpha value is -2.19. The Morgan fingerprint density at radius 2 is 2.25 bits per heavy atom. The molecule has 1 unspecified atom stereocenters. The number of hydrogen-bond donors (Lipinski definition) is 1. The number of nitrogens with zero attached hydrogens (tertiary/aromatic N) is 1. The molecule has 1 heterocycles. The van der Waals surface area contributed by atoms with Gasteiger partial charge in [-0.2, -0.15) is 5.26 Å². The van der Waals surface area contributed by atoms with Crippen LogP contribution in [0.4, 0.5) is 4.39 Å². The lowest BCUT2D eigenvalue weighted by Crippen LogP contribution is -2.32. The Bertz CT molecular complexity index is 540. The Balaban J connectivity index is 1.97. The Morgan fingerprint density at radius 1 is 1.50 bits per heavy atom. The third-order valence-electron chi connectivity index (χ3n) is 3.06. The maximum absolute atomic E-state index is 12.8. The van der Waals surface area contributed by atoms with Crippen molar-refractivity contribution < 1.29 is 13.9 Å². The van der Waals surface area contributed by atoms with Crippen LogP contribution in [0, 0.1) is 17.1 Å². The third-order valence-corrected chi connectivity index (χ3v) is 3.06. The van der Waals surface area contributed by atoms with Crippen LogP contribution in [-0.4, -0.2) is 25.2 Å². The van der Waals surface area contributed by atoms with Crippen molar-refractivity contribution in [2.75, 3.05) is 13.2 Å². The first-order valence-corrected chi connectivity index (χ1v) is 6.46. The van der Waals surface area contributed by atoms with Crippen LogP contribution in [0.5, 0.6) is 0 Å². The number of rotatable bonds is 4. The molecule has 1 amide bonds. The molecule has 1 aliphatic rings. The molecule has 1 atom stereocenters. The molecule has 0 radical (unpaired) electrons. The summed E-state index contributed by atoms with van der Waals surface area (Å²) >= 11 is 0. The van der Waals surface area contributed by atoms with Gasteiger partial charge >= 0.3 is 0 Å². The molecule has 1 aromatic carbocycles. The van der Waals surface area contributed by atoms with Crippen LogP contribution in [0.25, 0.3) is 6.08 Å². The van der Waals surface area contributed by atoms with Gasteiger partial charge in [-0.15, -0.1) is 0 Å². The molecule has 5 heteroatoms. The fourth-order valence-electron chi connectivity index (χ4n) is 1.98. The number of nitrogens with one attached hydrogen (secondary N) is 1. The number of amides is 1. The monoisotopic (exact) mass is 274 g/mol. The summed E-state index contributed by atoms with van der Waals surface area (Å²) < 4.78 is 18.2. The van der Waals surface area contributed by atoms with Gasteiger partial charge in [0.2, 0.25) is 0 Å². The molecule has 0 bridgehead atoms. The van der Waals surface area contributed by atoms with E-state index in [0.29, 0.717) is 12.1 Å². The number of carbonyl (C=O) groups is 1. The highest BCUT2D eigenvalue weighted by molar-refractivity contribution is 6.01. The molecular formula is C15H15FN2O2. The number of halogens is 1. The minimum absolute atomic E-state index is 0.00500. The molecule has 104 valence electrons. The van der Waals surface area contributed by atoms with Crippen molar-refractivity contribution in [3.8, 4) is 6.07 Å². The average molecular weight is 274 g/mol. The van der Waals surface area contributed by atoms with Crippen LogP contribution in [0.3, 0.4) is 0 Å². The van der Waals surface area contributed by atoms with Gasteiger partial charge in [0.05, 0.1) is 6.10 Å². The van der Waals surface area contributed by atoms with Gasteiger partial charge in [-0.1, -0.05) is 12.1 Å². The number of ether oxygens (including phenoxy) is 1. The number of nitriles is 1. The van der Waals surface area contributed by atoms with Gasteiger partial charge in [0.25, 0.3) is 5.91 Å². The summed E-state index contributed by atoms with van der Waals surface area (Å²) in [6.45, 7) is 1.12. The maximum Gasteiger partial charge on any atom is 0.262 e. The van der Waals surface area contributed by atoms with E-state index in [4.69, 9.17) is 10.00 Å². The zero-order valence-electron chi connectivity index (χ0n) is 10.9. The summed E-state index contributed by atoms with van der Waals surface area (Å²) in [5.74, 6) is -0.796.